The molecule has 1 amide bonds. The molecule has 0 bridgehead atoms. The van der Waals surface area contributed by atoms with Crippen LogP contribution in [0.2, 0.25) is 5.02 Å². The number of carbonyl (C=O) groups excluding carboxylic acids is 1. The summed E-state index contributed by atoms with van der Waals surface area (Å²) < 4.78 is 5.74. The smallest absolute Gasteiger partial charge is 0.228 e. The molecule has 29 heavy (non-hydrogen) atoms. The second-order valence-electron chi connectivity index (χ2n) is 7.22. The fraction of sp³-hybridized carbons (Fsp3) is 0.304. The zero-order chi connectivity index (χ0) is 20.1. The van der Waals surface area contributed by atoms with Gasteiger partial charge in [0.25, 0.3) is 0 Å². The minimum absolute atomic E-state index is 0.166. The molecule has 1 aromatic heterocycles. The van der Waals surface area contributed by atoms with E-state index in [0.717, 1.165) is 42.3 Å². The van der Waals surface area contributed by atoms with E-state index in [9.17, 15) is 4.79 Å². The molecule has 2 heterocycles. The summed E-state index contributed by atoms with van der Waals surface area (Å²) in [6, 6.07) is 18.0. The molecule has 1 aliphatic heterocycles. The van der Waals surface area contributed by atoms with Crippen molar-refractivity contribution in [3.63, 3.8) is 0 Å². The Hall–Kier alpha value is -2.37. The van der Waals surface area contributed by atoms with Crippen molar-refractivity contribution < 1.29 is 9.53 Å². The van der Waals surface area contributed by atoms with Gasteiger partial charge in [0, 0.05) is 23.0 Å². The number of ether oxygens (including phenoxy) is 1. The Labute approximate surface area is 180 Å². The van der Waals surface area contributed by atoms with E-state index in [2.05, 4.69) is 29.2 Å². The van der Waals surface area contributed by atoms with E-state index in [0.29, 0.717) is 18.1 Å². The predicted octanol–water partition coefficient (Wildman–Crippen LogP) is 5.15. The molecule has 2 aromatic carbocycles. The zero-order valence-electron chi connectivity index (χ0n) is 16.1. The Bertz CT molecular complexity index is 943. The van der Waals surface area contributed by atoms with Crippen LogP contribution in [-0.4, -0.2) is 28.4 Å². The molecule has 0 spiro atoms. The highest BCUT2D eigenvalue weighted by molar-refractivity contribution is 7.09. The molecule has 1 unspecified atom stereocenters. The highest BCUT2D eigenvalue weighted by atomic mass is 35.5. The van der Waals surface area contributed by atoms with E-state index in [4.69, 9.17) is 16.3 Å². The van der Waals surface area contributed by atoms with Crippen LogP contribution in [-0.2, 0) is 24.2 Å². The van der Waals surface area contributed by atoms with E-state index in [1.807, 2.05) is 28.5 Å². The normalized spacial score (nSPS) is 16.2. The lowest BCUT2D eigenvalue weighted by Gasteiger charge is -2.24. The second kappa shape index (κ2) is 9.42. The van der Waals surface area contributed by atoms with Gasteiger partial charge in [-0.25, -0.2) is 4.98 Å². The highest BCUT2D eigenvalue weighted by Gasteiger charge is 2.29. The number of benzene rings is 2. The Morgan fingerprint density at radius 1 is 1.17 bits per heavy atom. The van der Waals surface area contributed by atoms with Gasteiger partial charge in [-0.3, -0.25) is 4.79 Å². The van der Waals surface area contributed by atoms with Gasteiger partial charge in [-0.05, 0) is 49.1 Å². The van der Waals surface area contributed by atoms with Crippen molar-refractivity contribution in [3.8, 4) is 5.75 Å². The minimum atomic E-state index is 0.166. The predicted molar refractivity (Wildman–Crippen MR) is 116 cm³/mol. The molecule has 0 radical (unpaired) electrons. The molecule has 1 saturated heterocycles. The first-order valence-electron chi connectivity index (χ1n) is 9.82. The topological polar surface area (TPSA) is 42.4 Å². The number of rotatable bonds is 7. The van der Waals surface area contributed by atoms with Crippen molar-refractivity contribution >= 4 is 28.8 Å². The Morgan fingerprint density at radius 2 is 1.97 bits per heavy atom. The summed E-state index contributed by atoms with van der Waals surface area (Å²) in [6.45, 7) is 1.23. The van der Waals surface area contributed by atoms with Crippen LogP contribution in [0.1, 0.15) is 29.1 Å². The third-order valence-corrected chi connectivity index (χ3v) is 6.24. The van der Waals surface area contributed by atoms with Crippen LogP contribution in [0, 0.1) is 0 Å². The lowest BCUT2D eigenvalue weighted by molar-refractivity contribution is -0.131. The number of thiazole rings is 1. The monoisotopic (exact) mass is 426 g/mol. The number of nitrogens with zero attached hydrogens (tertiary/aromatic N) is 2. The van der Waals surface area contributed by atoms with E-state index in [1.165, 1.54) is 16.9 Å². The first kappa shape index (κ1) is 19.9. The molecule has 4 nitrogen and oxygen atoms in total. The van der Waals surface area contributed by atoms with Gasteiger partial charge in [0.2, 0.25) is 5.91 Å². The van der Waals surface area contributed by atoms with Crippen LogP contribution in [0.25, 0.3) is 0 Å². The molecule has 0 N–H and O–H groups in total. The fourth-order valence-corrected chi connectivity index (χ4v) is 4.52. The van der Waals surface area contributed by atoms with Gasteiger partial charge in [0.15, 0.2) is 0 Å². The maximum atomic E-state index is 12.9. The highest BCUT2D eigenvalue weighted by Crippen LogP contribution is 2.23. The molecule has 0 saturated carbocycles. The summed E-state index contributed by atoms with van der Waals surface area (Å²) in [5.41, 5.74) is 2.10. The maximum Gasteiger partial charge on any atom is 0.228 e. The fourth-order valence-electron chi connectivity index (χ4n) is 3.69. The molecule has 1 atom stereocenters. The van der Waals surface area contributed by atoms with Crippen molar-refractivity contribution in [2.75, 3.05) is 6.54 Å². The standard InChI is InChI=1S/C23H23ClN2O2S/c24-18-8-10-21(11-9-18)28-15-22-25-19(16-29-22)14-23(27)26-12-4-7-20(26)13-17-5-2-1-3-6-17/h1-3,5-6,8-11,16,20H,4,7,12-15H2. The van der Waals surface area contributed by atoms with Crippen LogP contribution in [0.15, 0.2) is 60.0 Å². The van der Waals surface area contributed by atoms with Crippen molar-refractivity contribution in [1.82, 2.24) is 9.88 Å². The molecular weight excluding hydrogens is 404 g/mol. The Balaban J connectivity index is 1.31. The van der Waals surface area contributed by atoms with Gasteiger partial charge in [-0.1, -0.05) is 41.9 Å². The van der Waals surface area contributed by atoms with Crippen molar-refractivity contribution in [3.05, 3.63) is 81.3 Å². The lowest BCUT2D eigenvalue weighted by Crippen LogP contribution is -2.37. The van der Waals surface area contributed by atoms with Gasteiger partial charge in [-0.15, -0.1) is 11.3 Å². The van der Waals surface area contributed by atoms with Crippen LogP contribution in [0.5, 0.6) is 5.75 Å². The van der Waals surface area contributed by atoms with Gasteiger partial charge in [0.1, 0.15) is 17.4 Å². The summed E-state index contributed by atoms with van der Waals surface area (Å²) in [4.78, 5) is 19.5. The number of hydrogen-bond donors (Lipinski definition) is 0. The number of amides is 1. The van der Waals surface area contributed by atoms with Crippen molar-refractivity contribution in [2.45, 2.75) is 38.3 Å². The van der Waals surface area contributed by atoms with Crippen LogP contribution < -0.4 is 4.74 Å². The summed E-state index contributed by atoms with van der Waals surface area (Å²) in [5, 5.41) is 3.51. The lowest BCUT2D eigenvalue weighted by atomic mass is 10.0. The number of likely N-dealkylation sites (tertiary alicyclic amines) is 1. The molecule has 1 aliphatic rings. The van der Waals surface area contributed by atoms with Gasteiger partial charge in [0.05, 0.1) is 12.1 Å². The average molecular weight is 427 g/mol. The molecule has 150 valence electrons. The summed E-state index contributed by atoms with van der Waals surface area (Å²) in [7, 11) is 0. The largest absolute Gasteiger partial charge is 0.486 e. The number of hydrogen-bond acceptors (Lipinski definition) is 4. The third kappa shape index (κ3) is 5.37. The molecule has 0 aliphatic carbocycles. The zero-order valence-corrected chi connectivity index (χ0v) is 17.7. The number of carbonyl (C=O) groups is 1. The van der Waals surface area contributed by atoms with E-state index in [1.54, 1.807) is 12.1 Å². The van der Waals surface area contributed by atoms with E-state index < -0.39 is 0 Å². The van der Waals surface area contributed by atoms with E-state index in [-0.39, 0.29) is 11.9 Å². The summed E-state index contributed by atoms with van der Waals surface area (Å²) in [5.74, 6) is 0.918. The SMILES string of the molecule is O=C(Cc1csc(COc2ccc(Cl)cc2)n1)N1CCCC1Cc1ccccc1. The van der Waals surface area contributed by atoms with E-state index >= 15 is 0 Å². The maximum absolute atomic E-state index is 12.9. The van der Waals surface area contributed by atoms with Crippen LogP contribution >= 0.6 is 22.9 Å². The Kier molecular flexibility index (Phi) is 6.47. The van der Waals surface area contributed by atoms with Crippen LogP contribution in [0.4, 0.5) is 0 Å². The first-order valence-corrected chi connectivity index (χ1v) is 11.1. The molecule has 1 fully saturated rings. The van der Waals surface area contributed by atoms with Gasteiger partial charge >= 0.3 is 0 Å². The number of halogens is 1. The quantitative estimate of drug-likeness (QED) is 0.524. The third-order valence-electron chi connectivity index (χ3n) is 5.12. The Morgan fingerprint density at radius 3 is 2.76 bits per heavy atom. The second-order valence-corrected chi connectivity index (χ2v) is 8.60. The molecule has 3 aromatic rings. The molecule has 4 rings (SSSR count). The van der Waals surface area contributed by atoms with Gasteiger partial charge in [-0.2, -0.15) is 0 Å². The summed E-state index contributed by atoms with van der Waals surface area (Å²) in [6.07, 6.45) is 3.41. The van der Waals surface area contributed by atoms with Crippen molar-refractivity contribution in [2.24, 2.45) is 0 Å². The van der Waals surface area contributed by atoms with Crippen molar-refractivity contribution in [1.29, 1.82) is 0 Å². The average Bonchev–Trinajstić information content (AvgIpc) is 3.38. The first-order chi connectivity index (χ1) is 14.2. The minimum Gasteiger partial charge on any atom is -0.486 e. The van der Waals surface area contributed by atoms with Gasteiger partial charge < -0.3 is 9.64 Å². The molecular formula is C23H23ClN2O2S. The molecule has 6 heteroatoms. The summed E-state index contributed by atoms with van der Waals surface area (Å²) >= 11 is 7.42. The number of aromatic nitrogens is 1. The van der Waals surface area contributed by atoms with Crippen LogP contribution in [0.3, 0.4) is 0 Å².